The van der Waals surface area contributed by atoms with E-state index in [1.165, 1.54) is 13.8 Å². The Balaban J connectivity index is 0.000000867. The molecule has 0 fully saturated rings. The van der Waals surface area contributed by atoms with Crippen LogP contribution in [0.4, 0.5) is 0 Å². The highest BCUT2D eigenvalue weighted by Crippen LogP contribution is 2.11. The maximum absolute atomic E-state index is 10.5. The van der Waals surface area contributed by atoms with Gasteiger partial charge in [-0.2, -0.15) is 8.42 Å². The van der Waals surface area contributed by atoms with E-state index >= 15 is 0 Å². The van der Waals surface area contributed by atoms with Gasteiger partial charge in [0.2, 0.25) is 0 Å². The number of aliphatic hydroxyl groups is 1. The molecule has 0 amide bonds. The van der Waals surface area contributed by atoms with E-state index in [1.807, 2.05) is 25.1 Å². The van der Waals surface area contributed by atoms with E-state index in [9.17, 15) is 18.3 Å². The maximum atomic E-state index is 10.5. The van der Waals surface area contributed by atoms with Crippen LogP contribution in [0.15, 0.2) is 53.9 Å². The van der Waals surface area contributed by atoms with E-state index in [1.54, 1.807) is 24.5 Å². The van der Waals surface area contributed by atoms with Crippen LogP contribution < -0.4 is 0 Å². The zero-order valence-corrected chi connectivity index (χ0v) is 15.8. The molecule has 1 aromatic rings. The number of carbonyl (C=O) groups excluding carboxylic acids is 1. The Morgan fingerprint density at radius 3 is 2.19 bits per heavy atom. The number of esters is 1. The molecule has 0 aliphatic heterocycles. The lowest BCUT2D eigenvalue weighted by Crippen LogP contribution is -2.18. The molecule has 0 saturated heterocycles. The van der Waals surface area contributed by atoms with Crippen LogP contribution in [0.25, 0.3) is 0 Å². The minimum atomic E-state index is -4.68. The van der Waals surface area contributed by atoms with Gasteiger partial charge in [0.1, 0.15) is 6.61 Å². The summed E-state index contributed by atoms with van der Waals surface area (Å²) in [4.78, 5) is 14.3. The first kappa shape index (κ1) is 23.9. The number of nitrogens with zero attached hydrogens (tertiary/aromatic N) is 1. The van der Waals surface area contributed by atoms with Crippen LogP contribution in [0.1, 0.15) is 33.6 Å². The van der Waals surface area contributed by atoms with Crippen molar-refractivity contribution in [2.45, 2.75) is 39.9 Å². The fourth-order valence-electron chi connectivity index (χ4n) is 1.54. The molecule has 26 heavy (non-hydrogen) atoms. The smallest absolute Gasteiger partial charge is 0.400 e. The first-order valence-corrected chi connectivity index (χ1v) is 9.12. The van der Waals surface area contributed by atoms with Crippen LogP contribution in [-0.2, 0) is 24.1 Å². The first-order chi connectivity index (χ1) is 12.1. The Hall–Kier alpha value is -2.07. The Bertz CT molecular complexity index is 658. The highest BCUT2D eigenvalue weighted by Gasteiger charge is 2.15. The fourth-order valence-corrected chi connectivity index (χ4v) is 1.92. The average Bonchev–Trinajstić information content (AvgIpc) is 2.55. The summed E-state index contributed by atoms with van der Waals surface area (Å²) < 4.78 is 37.9. The summed E-state index contributed by atoms with van der Waals surface area (Å²) in [5.74, 6) is -0.352. The summed E-state index contributed by atoms with van der Waals surface area (Å²) in [5.41, 5.74) is 1.26. The third-order valence-corrected chi connectivity index (χ3v) is 3.32. The molecule has 0 bridgehead atoms. The number of allylic oxidation sites excluding steroid dienone is 2. The molecular weight excluding hydrogens is 362 g/mol. The lowest BCUT2D eigenvalue weighted by molar-refractivity contribution is -0.139. The monoisotopic (exact) mass is 387 g/mol. The second-order valence-corrected chi connectivity index (χ2v) is 6.29. The predicted molar refractivity (Wildman–Crippen MR) is 96.3 cm³/mol. The summed E-state index contributed by atoms with van der Waals surface area (Å²) in [6, 6.07) is 5.72. The Morgan fingerprint density at radius 2 is 1.77 bits per heavy atom. The largest absolute Gasteiger partial charge is 0.462 e. The average molecular weight is 387 g/mol. The molecule has 0 spiro atoms. The number of aliphatic hydroxyl groups excluding tert-OH is 1. The van der Waals surface area contributed by atoms with Crippen molar-refractivity contribution in [3.05, 3.63) is 53.9 Å². The van der Waals surface area contributed by atoms with Gasteiger partial charge < -0.3 is 9.84 Å². The zero-order chi connectivity index (χ0) is 20.0. The quantitative estimate of drug-likeness (QED) is 0.302. The second-order valence-electron chi connectivity index (χ2n) is 5.24. The van der Waals surface area contributed by atoms with E-state index in [0.29, 0.717) is 12.8 Å². The number of pyridine rings is 1. The summed E-state index contributed by atoms with van der Waals surface area (Å²) in [6.07, 6.45) is 6.35. The van der Waals surface area contributed by atoms with Crippen LogP contribution in [0.5, 0.6) is 0 Å². The summed E-state index contributed by atoms with van der Waals surface area (Å²) in [5, 5.41) is 9.32. The van der Waals surface area contributed by atoms with E-state index in [4.69, 9.17) is 9.29 Å². The SMILES string of the molecule is CC(=O)OCC=C(C)CCC=C(C)C(O)OS(=O)(=O)O.c1ccncc1. The predicted octanol–water partition coefficient (Wildman–Crippen LogP) is 2.44. The topological polar surface area (TPSA) is 123 Å². The van der Waals surface area contributed by atoms with Crippen molar-refractivity contribution in [1.82, 2.24) is 4.98 Å². The lowest BCUT2D eigenvalue weighted by Gasteiger charge is -2.09. The van der Waals surface area contributed by atoms with Crippen molar-refractivity contribution in [1.29, 1.82) is 0 Å². The summed E-state index contributed by atoms with van der Waals surface area (Å²) in [7, 11) is -4.68. The number of hydrogen-bond acceptors (Lipinski definition) is 7. The molecular formula is C17H25NO7S. The lowest BCUT2D eigenvalue weighted by atomic mass is 10.1. The van der Waals surface area contributed by atoms with Gasteiger partial charge in [-0.05, 0) is 50.5 Å². The highest BCUT2D eigenvalue weighted by molar-refractivity contribution is 7.80. The fraction of sp³-hybridized carbons (Fsp3) is 0.412. The van der Waals surface area contributed by atoms with Crippen molar-refractivity contribution in [3.63, 3.8) is 0 Å². The van der Waals surface area contributed by atoms with Crippen molar-refractivity contribution >= 4 is 16.4 Å². The molecule has 0 radical (unpaired) electrons. The van der Waals surface area contributed by atoms with Crippen LogP contribution in [-0.4, -0.2) is 41.9 Å². The van der Waals surface area contributed by atoms with Gasteiger partial charge in [-0.3, -0.25) is 14.3 Å². The molecule has 0 aromatic carbocycles. The van der Waals surface area contributed by atoms with Crippen molar-refractivity contribution in [2.75, 3.05) is 6.61 Å². The number of ether oxygens (including phenoxy) is 1. The van der Waals surface area contributed by atoms with Gasteiger partial charge in [0, 0.05) is 19.3 Å². The van der Waals surface area contributed by atoms with Gasteiger partial charge in [0.05, 0.1) is 0 Å². The van der Waals surface area contributed by atoms with Gasteiger partial charge in [0.25, 0.3) is 0 Å². The molecule has 0 aliphatic rings. The van der Waals surface area contributed by atoms with Crippen LogP contribution in [0.3, 0.4) is 0 Å². The molecule has 1 aromatic heterocycles. The molecule has 2 N–H and O–H groups in total. The Kier molecular flexibility index (Phi) is 12.1. The number of hydrogen-bond donors (Lipinski definition) is 2. The van der Waals surface area contributed by atoms with Crippen molar-refractivity contribution < 1.29 is 31.8 Å². The Morgan fingerprint density at radius 1 is 1.15 bits per heavy atom. The normalized spacial score (nSPS) is 13.4. The molecule has 146 valence electrons. The van der Waals surface area contributed by atoms with Gasteiger partial charge in [0.15, 0.2) is 6.29 Å². The molecule has 1 heterocycles. The molecule has 1 rings (SSSR count). The second kappa shape index (κ2) is 13.2. The standard InChI is InChI=1S/C12H20O7S.C5H5N/c1-9(7-8-18-11(3)13)5-4-6-10(2)12(14)19-20(15,16)17;1-2-4-6-5-3-1/h6-7,12,14H,4-5,8H2,1-3H3,(H,15,16,17);1-5H. The van der Waals surface area contributed by atoms with Crippen LogP contribution in [0.2, 0.25) is 0 Å². The zero-order valence-electron chi connectivity index (χ0n) is 15.0. The van der Waals surface area contributed by atoms with Gasteiger partial charge in [-0.1, -0.05) is 17.7 Å². The minimum Gasteiger partial charge on any atom is -0.462 e. The number of carbonyl (C=O) groups is 1. The van der Waals surface area contributed by atoms with Gasteiger partial charge in [-0.25, -0.2) is 4.18 Å². The van der Waals surface area contributed by atoms with E-state index in [2.05, 4.69) is 9.17 Å². The van der Waals surface area contributed by atoms with E-state index in [-0.39, 0.29) is 18.1 Å². The minimum absolute atomic E-state index is 0.207. The number of aromatic nitrogens is 1. The van der Waals surface area contributed by atoms with Crippen molar-refractivity contribution in [2.24, 2.45) is 0 Å². The third kappa shape index (κ3) is 15.5. The highest BCUT2D eigenvalue weighted by atomic mass is 32.3. The summed E-state index contributed by atoms with van der Waals surface area (Å²) >= 11 is 0. The Labute approximate surface area is 154 Å². The molecule has 1 atom stereocenters. The first-order valence-electron chi connectivity index (χ1n) is 7.76. The van der Waals surface area contributed by atoms with Gasteiger partial charge in [-0.15, -0.1) is 0 Å². The maximum Gasteiger partial charge on any atom is 0.400 e. The molecule has 1 unspecified atom stereocenters. The van der Waals surface area contributed by atoms with Crippen LogP contribution >= 0.6 is 0 Å². The molecule has 9 heteroatoms. The van der Waals surface area contributed by atoms with Crippen molar-refractivity contribution in [3.8, 4) is 0 Å². The third-order valence-electron chi connectivity index (χ3n) is 2.89. The van der Waals surface area contributed by atoms with Gasteiger partial charge >= 0.3 is 16.4 Å². The summed E-state index contributed by atoms with van der Waals surface area (Å²) in [6.45, 7) is 4.87. The van der Waals surface area contributed by atoms with E-state index < -0.39 is 16.7 Å². The molecule has 0 aliphatic carbocycles. The molecule has 0 saturated carbocycles. The van der Waals surface area contributed by atoms with Crippen LogP contribution in [0, 0.1) is 0 Å². The van der Waals surface area contributed by atoms with E-state index in [0.717, 1.165) is 5.57 Å². The number of rotatable bonds is 8. The molecule has 8 nitrogen and oxygen atoms in total.